The van der Waals surface area contributed by atoms with Crippen molar-refractivity contribution in [1.82, 2.24) is 20.1 Å². The number of rotatable bonds is 5. The largest absolute Gasteiger partial charge is 0.486 e. The summed E-state index contributed by atoms with van der Waals surface area (Å²) in [5.74, 6) is 3.56. The van der Waals surface area contributed by atoms with E-state index in [0.29, 0.717) is 30.0 Å². The first-order valence-electron chi connectivity index (χ1n) is 9.52. The Hall–Kier alpha value is -2.22. The monoisotopic (exact) mass is 386 g/mol. The van der Waals surface area contributed by atoms with E-state index in [1.54, 1.807) is 0 Å². The van der Waals surface area contributed by atoms with Crippen LogP contribution in [0.2, 0.25) is 0 Å². The van der Waals surface area contributed by atoms with Crippen molar-refractivity contribution in [2.24, 2.45) is 0 Å². The molecule has 1 unspecified atom stereocenters. The van der Waals surface area contributed by atoms with Crippen molar-refractivity contribution in [3.63, 3.8) is 0 Å². The maximum Gasteiger partial charge on any atom is 0.233 e. The number of nitrogens with zero attached hydrogens (tertiary/aromatic N) is 3. The predicted octanol–water partition coefficient (Wildman–Crippen LogP) is 2.91. The number of hydrogen-bond acceptors (Lipinski definition) is 6. The van der Waals surface area contributed by atoms with E-state index < -0.39 is 0 Å². The van der Waals surface area contributed by atoms with Crippen LogP contribution in [0.15, 0.2) is 23.4 Å². The number of likely N-dealkylation sites (tertiary alicyclic amines) is 1. The molecule has 1 saturated heterocycles. The summed E-state index contributed by atoms with van der Waals surface area (Å²) in [6, 6.07) is 6.12. The number of nitrogens with one attached hydrogen (secondary N) is 1. The predicted molar refractivity (Wildman–Crippen MR) is 100 cm³/mol. The fourth-order valence-corrected chi connectivity index (χ4v) is 4.44. The van der Waals surface area contributed by atoms with Gasteiger partial charge in [-0.1, -0.05) is 17.8 Å². The summed E-state index contributed by atoms with van der Waals surface area (Å²) in [6.07, 6.45) is 4.36. The van der Waals surface area contributed by atoms with Crippen molar-refractivity contribution >= 4 is 17.7 Å². The van der Waals surface area contributed by atoms with Gasteiger partial charge in [0.25, 0.3) is 0 Å². The highest BCUT2D eigenvalue weighted by molar-refractivity contribution is 7.99. The van der Waals surface area contributed by atoms with Gasteiger partial charge in [-0.3, -0.25) is 9.89 Å². The highest BCUT2D eigenvalue weighted by atomic mass is 32.2. The molecule has 5 rings (SSSR count). The number of ether oxygens (including phenoxy) is 2. The van der Waals surface area contributed by atoms with Crippen LogP contribution in [0, 0.1) is 0 Å². The van der Waals surface area contributed by atoms with Crippen molar-refractivity contribution in [3.8, 4) is 11.5 Å². The van der Waals surface area contributed by atoms with E-state index in [0.717, 1.165) is 42.3 Å². The molecule has 1 aliphatic carbocycles. The lowest BCUT2D eigenvalue weighted by Gasteiger charge is -2.26. The molecule has 0 radical (unpaired) electrons. The Labute approximate surface area is 161 Å². The number of aromatic nitrogens is 3. The van der Waals surface area contributed by atoms with Gasteiger partial charge in [0.2, 0.25) is 11.1 Å². The summed E-state index contributed by atoms with van der Waals surface area (Å²) in [4.78, 5) is 19.3. The molecule has 1 amide bonds. The maximum absolute atomic E-state index is 12.8. The Kier molecular flexibility index (Phi) is 4.43. The standard InChI is InChI=1S/C19H22N4O3S/c24-17(11-27-19-20-18(21-22-19)12-3-4-12)23-7-1-2-14(23)13-5-6-15-16(10-13)26-9-8-25-15/h5-6,10,12,14H,1-4,7-9,11H2,(H,20,21,22). The zero-order valence-corrected chi connectivity index (χ0v) is 15.8. The lowest BCUT2D eigenvalue weighted by molar-refractivity contribution is -0.129. The molecule has 142 valence electrons. The van der Waals surface area contributed by atoms with Crippen molar-refractivity contribution in [2.45, 2.75) is 42.8 Å². The average molecular weight is 386 g/mol. The van der Waals surface area contributed by atoms with Crippen LogP contribution < -0.4 is 9.47 Å². The minimum Gasteiger partial charge on any atom is -0.486 e. The van der Waals surface area contributed by atoms with Crippen molar-refractivity contribution in [2.75, 3.05) is 25.5 Å². The highest BCUT2D eigenvalue weighted by Crippen LogP contribution is 2.39. The average Bonchev–Trinajstić information content (AvgIpc) is 3.25. The van der Waals surface area contributed by atoms with Gasteiger partial charge in [0, 0.05) is 12.5 Å². The third kappa shape index (κ3) is 3.50. The summed E-state index contributed by atoms with van der Waals surface area (Å²) in [5, 5.41) is 7.89. The van der Waals surface area contributed by atoms with E-state index in [9.17, 15) is 4.79 Å². The second-order valence-corrected chi connectivity index (χ2v) is 8.16. The number of amides is 1. The summed E-state index contributed by atoms with van der Waals surface area (Å²) < 4.78 is 11.3. The van der Waals surface area contributed by atoms with Crippen LogP contribution in [0.3, 0.4) is 0 Å². The van der Waals surface area contributed by atoms with Crippen molar-refractivity contribution in [3.05, 3.63) is 29.6 Å². The van der Waals surface area contributed by atoms with Crippen LogP contribution in [0.4, 0.5) is 0 Å². The first-order chi connectivity index (χ1) is 13.3. The van der Waals surface area contributed by atoms with Gasteiger partial charge in [0.05, 0.1) is 11.8 Å². The van der Waals surface area contributed by atoms with Crippen molar-refractivity contribution in [1.29, 1.82) is 0 Å². The number of H-pyrrole nitrogens is 1. The van der Waals surface area contributed by atoms with Gasteiger partial charge < -0.3 is 14.4 Å². The normalized spacial score (nSPS) is 21.5. The van der Waals surface area contributed by atoms with Gasteiger partial charge in [-0.15, -0.1) is 5.10 Å². The zero-order chi connectivity index (χ0) is 18.2. The molecule has 1 aromatic heterocycles. The van der Waals surface area contributed by atoms with Crippen molar-refractivity contribution < 1.29 is 14.3 Å². The molecule has 3 heterocycles. The second kappa shape index (κ2) is 7.07. The molecule has 1 atom stereocenters. The fraction of sp³-hybridized carbons (Fsp3) is 0.526. The molecule has 2 aliphatic heterocycles. The Balaban J connectivity index is 1.25. The number of benzene rings is 1. The molecule has 27 heavy (non-hydrogen) atoms. The van der Waals surface area contributed by atoms with Crippen LogP contribution >= 0.6 is 11.8 Å². The van der Waals surface area contributed by atoms with Gasteiger partial charge in [-0.25, -0.2) is 4.98 Å². The quantitative estimate of drug-likeness (QED) is 0.796. The highest BCUT2D eigenvalue weighted by Gasteiger charge is 2.31. The van der Waals surface area contributed by atoms with Gasteiger partial charge in [0.15, 0.2) is 11.5 Å². The second-order valence-electron chi connectivity index (χ2n) is 7.21. The molecular weight excluding hydrogens is 364 g/mol. The van der Waals surface area contributed by atoms with E-state index in [2.05, 4.69) is 15.2 Å². The molecule has 2 fully saturated rings. The minimum atomic E-state index is 0.100. The van der Waals surface area contributed by atoms with E-state index in [-0.39, 0.29) is 11.9 Å². The number of thioether (sulfide) groups is 1. The molecule has 0 spiro atoms. The van der Waals surface area contributed by atoms with Crippen LogP contribution in [-0.2, 0) is 4.79 Å². The third-order valence-electron chi connectivity index (χ3n) is 5.30. The van der Waals surface area contributed by atoms with Crippen LogP contribution in [0.5, 0.6) is 11.5 Å². The molecule has 1 saturated carbocycles. The zero-order valence-electron chi connectivity index (χ0n) is 15.0. The SMILES string of the molecule is O=C(CSc1n[nH]c(C2CC2)n1)N1CCCC1c1ccc2c(c1)OCCO2. The van der Waals surface area contributed by atoms with Gasteiger partial charge in [0.1, 0.15) is 19.0 Å². The lowest BCUT2D eigenvalue weighted by Crippen LogP contribution is -2.32. The van der Waals surface area contributed by atoms with Crippen LogP contribution in [-0.4, -0.2) is 51.5 Å². The van der Waals surface area contributed by atoms with E-state index in [4.69, 9.17) is 9.47 Å². The lowest BCUT2D eigenvalue weighted by atomic mass is 10.0. The summed E-state index contributed by atoms with van der Waals surface area (Å²) in [7, 11) is 0. The fourth-order valence-electron chi connectivity index (χ4n) is 3.75. The molecule has 8 heteroatoms. The molecule has 3 aliphatic rings. The first kappa shape index (κ1) is 16.9. The Morgan fingerprint density at radius 2 is 2.07 bits per heavy atom. The summed E-state index contributed by atoms with van der Waals surface area (Å²) in [6.45, 7) is 1.95. The molecular formula is C19H22N4O3S. The van der Waals surface area contributed by atoms with Crippen LogP contribution in [0.1, 0.15) is 49.0 Å². The maximum atomic E-state index is 12.8. The smallest absolute Gasteiger partial charge is 0.233 e. The van der Waals surface area contributed by atoms with Gasteiger partial charge >= 0.3 is 0 Å². The number of fused-ring (bicyclic) bond motifs is 1. The van der Waals surface area contributed by atoms with Gasteiger partial charge in [-0.05, 0) is 43.4 Å². The molecule has 0 bridgehead atoms. The van der Waals surface area contributed by atoms with Gasteiger partial charge in [-0.2, -0.15) is 0 Å². The Bertz CT molecular complexity index is 851. The number of carbonyl (C=O) groups excluding carboxylic acids is 1. The third-order valence-corrected chi connectivity index (χ3v) is 6.13. The topological polar surface area (TPSA) is 80.3 Å². The van der Waals surface area contributed by atoms with E-state index in [1.165, 1.54) is 24.6 Å². The van der Waals surface area contributed by atoms with E-state index >= 15 is 0 Å². The summed E-state index contributed by atoms with van der Waals surface area (Å²) >= 11 is 1.41. The number of hydrogen-bond donors (Lipinski definition) is 1. The molecule has 1 aromatic carbocycles. The van der Waals surface area contributed by atoms with Crippen LogP contribution in [0.25, 0.3) is 0 Å². The summed E-state index contributed by atoms with van der Waals surface area (Å²) in [5.41, 5.74) is 1.11. The Morgan fingerprint density at radius 1 is 1.22 bits per heavy atom. The first-order valence-corrected chi connectivity index (χ1v) is 10.5. The number of aromatic amines is 1. The van der Waals surface area contributed by atoms with E-state index in [1.807, 2.05) is 23.1 Å². The molecule has 7 nitrogen and oxygen atoms in total. The Morgan fingerprint density at radius 3 is 2.93 bits per heavy atom. The minimum absolute atomic E-state index is 0.100. The molecule has 2 aromatic rings. The molecule has 1 N–H and O–H groups in total. The number of carbonyl (C=O) groups is 1.